The van der Waals surface area contributed by atoms with Crippen LogP contribution < -0.4 is 4.90 Å². The molecule has 0 spiro atoms. The third-order valence-corrected chi connectivity index (χ3v) is 3.86. The van der Waals surface area contributed by atoms with Crippen LogP contribution in [-0.2, 0) is 16.1 Å². The lowest BCUT2D eigenvalue weighted by Crippen LogP contribution is -2.42. The van der Waals surface area contributed by atoms with Crippen LogP contribution in [0.4, 0.5) is 5.69 Å². The smallest absolute Gasteiger partial charge is 0.241 e. The number of carbonyl (C=O) groups is 2. The van der Waals surface area contributed by atoms with E-state index in [0.717, 1.165) is 11.3 Å². The zero-order chi connectivity index (χ0) is 18.2. The summed E-state index contributed by atoms with van der Waals surface area (Å²) in [5.74, 6) is -0.0614. The summed E-state index contributed by atoms with van der Waals surface area (Å²) in [7, 11) is 5.21. The van der Waals surface area contributed by atoms with E-state index in [1.807, 2.05) is 60.7 Å². The zero-order valence-electron chi connectivity index (χ0n) is 15.1. The van der Waals surface area contributed by atoms with Gasteiger partial charge >= 0.3 is 0 Å². The fraction of sp³-hybridized carbons (Fsp3) is 0.300. The molecule has 0 unspecified atom stereocenters. The third-order valence-electron chi connectivity index (χ3n) is 3.86. The Morgan fingerprint density at radius 3 is 1.84 bits per heavy atom. The third kappa shape index (κ3) is 5.72. The van der Waals surface area contributed by atoms with Crippen molar-refractivity contribution in [3.05, 3.63) is 66.2 Å². The first-order valence-corrected chi connectivity index (χ1v) is 8.25. The van der Waals surface area contributed by atoms with Crippen LogP contribution in [0.2, 0.25) is 0 Å². The van der Waals surface area contributed by atoms with Gasteiger partial charge in [0.25, 0.3) is 0 Å². The highest BCUT2D eigenvalue weighted by Gasteiger charge is 2.19. The van der Waals surface area contributed by atoms with Gasteiger partial charge in [-0.1, -0.05) is 48.5 Å². The van der Waals surface area contributed by atoms with Gasteiger partial charge in [0.15, 0.2) is 0 Å². The predicted molar refractivity (Wildman–Crippen MR) is 100 cm³/mol. The second-order valence-corrected chi connectivity index (χ2v) is 6.26. The number of rotatable bonds is 7. The van der Waals surface area contributed by atoms with Gasteiger partial charge in [0, 0.05) is 19.8 Å². The summed E-state index contributed by atoms with van der Waals surface area (Å²) in [5, 5.41) is 0. The maximum Gasteiger partial charge on any atom is 0.241 e. The van der Waals surface area contributed by atoms with Crippen LogP contribution in [0.3, 0.4) is 0 Å². The summed E-state index contributed by atoms with van der Waals surface area (Å²) in [6, 6.07) is 19.5. The van der Waals surface area contributed by atoms with E-state index in [1.54, 1.807) is 30.9 Å². The normalized spacial score (nSPS) is 10.6. The molecule has 0 N–H and O–H groups in total. The van der Waals surface area contributed by atoms with Crippen molar-refractivity contribution in [3.63, 3.8) is 0 Å². The van der Waals surface area contributed by atoms with Gasteiger partial charge in [0.2, 0.25) is 11.8 Å². The molecule has 0 aliphatic heterocycles. The Balaban J connectivity index is 2.12. The van der Waals surface area contributed by atoms with E-state index < -0.39 is 0 Å². The second-order valence-electron chi connectivity index (χ2n) is 6.26. The number of amides is 2. The molecule has 132 valence electrons. The summed E-state index contributed by atoms with van der Waals surface area (Å²) in [4.78, 5) is 29.7. The van der Waals surface area contributed by atoms with Crippen molar-refractivity contribution in [3.8, 4) is 0 Å². The van der Waals surface area contributed by atoms with Crippen LogP contribution in [0, 0.1) is 0 Å². The molecule has 0 bridgehead atoms. The molecular weight excluding hydrogens is 314 g/mol. The summed E-state index contributed by atoms with van der Waals surface area (Å²) in [6.45, 7) is 0.896. The molecule has 0 saturated heterocycles. The molecule has 0 fully saturated rings. The van der Waals surface area contributed by atoms with Gasteiger partial charge in [-0.15, -0.1) is 0 Å². The molecule has 5 heteroatoms. The summed E-state index contributed by atoms with van der Waals surface area (Å²) >= 11 is 0. The first-order valence-electron chi connectivity index (χ1n) is 8.25. The van der Waals surface area contributed by atoms with Gasteiger partial charge in [-0.2, -0.15) is 0 Å². The van der Waals surface area contributed by atoms with Crippen molar-refractivity contribution in [2.75, 3.05) is 39.1 Å². The SMILES string of the molecule is CN(CC(=O)N(C)C)CC(=O)N(Cc1ccccc1)c1ccccc1. The minimum Gasteiger partial charge on any atom is -0.348 e. The molecule has 0 aromatic heterocycles. The molecule has 0 radical (unpaired) electrons. The molecule has 0 saturated carbocycles. The molecule has 25 heavy (non-hydrogen) atoms. The monoisotopic (exact) mass is 339 g/mol. The lowest BCUT2D eigenvalue weighted by molar-refractivity contribution is -0.130. The van der Waals surface area contributed by atoms with Gasteiger partial charge < -0.3 is 9.80 Å². The molecule has 5 nitrogen and oxygen atoms in total. The Labute approximate surface area is 149 Å². The molecule has 0 aliphatic carbocycles. The number of hydrogen-bond donors (Lipinski definition) is 0. The first kappa shape index (κ1) is 18.7. The van der Waals surface area contributed by atoms with E-state index in [0.29, 0.717) is 6.54 Å². The number of carbonyl (C=O) groups excluding carboxylic acids is 2. The van der Waals surface area contributed by atoms with Gasteiger partial charge in [0.1, 0.15) is 0 Å². The van der Waals surface area contributed by atoms with Gasteiger partial charge in [-0.3, -0.25) is 14.5 Å². The maximum atomic E-state index is 12.9. The highest BCUT2D eigenvalue weighted by atomic mass is 16.2. The maximum absolute atomic E-state index is 12.9. The van der Waals surface area contributed by atoms with Crippen LogP contribution in [0.1, 0.15) is 5.56 Å². The van der Waals surface area contributed by atoms with E-state index in [4.69, 9.17) is 0 Å². The van der Waals surface area contributed by atoms with Crippen LogP contribution >= 0.6 is 0 Å². The summed E-state index contributed by atoms with van der Waals surface area (Å²) in [6.07, 6.45) is 0. The number of likely N-dealkylation sites (N-methyl/N-ethyl adjacent to an activating group) is 2. The summed E-state index contributed by atoms with van der Waals surface area (Å²) < 4.78 is 0. The second kappa shape index (κ2) is 8.99. The van der Waals surface area contributed by atoms with Crippen LogP contribution in [0.25, 0.3) is 0 Å². The molecule has 0 heterocycles. The van der Waals surface area contributed by atoms with Crippen LogP contribution in [-0.4, -0.2) is 55.8 Å². The minimum atomic E-state index is -0.0379. The zero-order valence-corrected chi connectivity index (χ0v) is 15.1. The van der Waals surface area contributed by atoms with Crippen LogP contribution in [0.15, 0.2) is 60.7 Å². The van der Waals surface area contributed by atoms with Gasteiger partial charge in [0.05, 0.1) is 19.6 Å². The highest BCUT2D eigenvalue weighted by Crippen LogP contribution is 2.17. The Kier molecular flexibility index (Phi) is 6.71. The quantitative estimate of drug-likeness (QED) is 0.777. The number of para-hydroxylation sites is 1. The number of nitrogens with zero attached hydrogens (tertiary/aromatic N) is 3. The molecule has 2 aromatic rings. The van der Waals surface area contributed by atoms with Crippen LogP contribution in [0.5, 0.6) is 0 Å². The first-order chi connectivity index (χ1) is 12.0. The van der Waals surface area contributed by atoms with E-state index in [1.165, 1.54) is 4.90 Å². The Morgan fingerprint density at radius 2 is 1.28 bits per heavy atom. The molecule has 2 rings (SSSR count). The number of anilines is 1. The molecule has 2 aromatic carbocycles. The standard InChI is InChI=1S/C20H25N3O2/c1-21(2)19(24)15-22(3)16-20(25)23(18-12-8-5-9-13-18)14-17-10-6-4-7-11-17/h4-13H,14-16H2,1-3H3. The average molecular weight is 339 g/mol. The fourth-order valence-electron chi connectivity index (χ4n) is 2.44. The van der Waals surface area contributed by atoms with Gasteiger partial charge in [-0.25, -0.2) is 0 Å². The molecule has 2 amide bonds. The van der Waals surface area contributed by atoms with Gasteiger partial charge in [-0.05, 0) is 24.7 Å². The molecule has 0 atom stereocenters. The van der Waals surface area contributed by atoms with Crippen molar-refractivity contribution < 1.29 is 9.59 Å². The van der Waals surface area contributed by atoms with Crippen molar-refractivity contribution in [2.24, 2.45) is 0 Å². The average Bonchev–Trinajstić information content (AvgIpc) is 2.61. The topological polar surface area (TPSA) is 43.9 Å². The summed E-state index contributed by atoms with van der Waals surface area (Å²) in [5.41, 5.74) is 1.91. The van der Waals surface area contributed by atoms with E-state index in [9.17, 15) is 9.59 Å². The molecule has 0 aliphatic rings. The Bertz CT molecular complexity index is 687. The van der Waals surface area contributed by atoms with E-state index in [2.05, 4.69) is 0 Å². The lowest BCUT2D eigenvalue weighted by Gasteiger charge is -2.26. The van der Waals surface area contributed by atoms with E-state index in [-0.39, 0.29) is 24.9 Å². The minimum absolute atomic E-state index is 0.0235. The Hall–Kier alpha value is -2.66. The largest absolute Gasteiger partial charge is 0.348 e. The number of benzene rings is 2. The fourth-order valence-corrected chi connectivity index (χ4v) is 2.44. The highest BCUT2D eigenvalue weighted by molar-refractivity contribution is 5.95. The van der Waals surface area contributed by atoms with Crippen molar-refractivity contribution in [1.29, 1.82) is 0 Å². The predicted octanol–water partition coefficient (Wildman–Crippen LogP) is 2.24. The lowest BCUT2D eigenvalue weighted by atomic mass is 10.2. The van der Waals surface area contributed by atoms with Crippen molar-refractivity contribution in [2.45, 2.75) is 6.54 Å². The number of hydrogen-bond acceptors (Lipinski definition) is 3. The molecular formula is C20H25N3O2. The van der Waals surface area contributed by atoms with Crippen molar-refractivity contribution in [1.82, 2.24) is 9.80 Å². The van der Waals surface area contributed by atoms with Crippen molar-refractivity contribution >= 4 is 17.5 Å². The Morgan fingerprint density at radius 1 is 0.760 bits per heavy atom. The van der Waals surface area contributed by atoms with E-state index >= 15 is 0 Å².